The summed E-state index contributed by atoms with van der Waals surface area (Å²) in [5.74, 6) is -0.0112. The molecular formula is C25H29NO3. The highest BCUT2D eigenvalue weighted by molar-refractivity contribution is 5.33. The Hall–Kier alpha value is -1.72. The summed E-state index contributed by atoms with van der Waals surface area (Å²) in [6.45, 7) is 1.41. The topological polar surface area (TPSA) is 30.9 Å². The second-order valence-electron chi connectivity index (χ2n) is 9.24. The molecule has 1 saturated carbocycles. The van der Waals surface area contributed by atoms with Gasteiger partial charge in [0.05, 0.1) is 30.9 Å². The molecule has 152 valence electrons. The van der Waals surface area contributed by atoms with Crippen molar-refractivity contribution in [2.75, 3.05) is 13.2 Å². The predicted octanol–water partition coefficient (Wildman–Crippen LogP) is 4.98. The van der Waals surface area contributed by atoms with E-state index < -0.39 is 0 Å². The third-order valence-electron chi connectivity index (χ3n) is 7.44. The van der Waals surface area contributed by atoms with E-state index in [1.165, 1.54) is 30.4 Å². The van der Waals surface area contributed by atoms with E-state index >= 15 is 0 Å². The molecule has 0 amide bonds. The molecule has 4 nitrogen and oxygen atoms in total. The largest absolute Gasteiger partial charge is 0.348 e. The van der Waals surface area contributed by atoms with Gasteiger partial charge in [0.2, 0.25) is 0 Å². The van der Waals surface area contributed by atoms with Gasteiger partial charge in [-0.3, -0.25) is 4.84 Å². The molecule has 2 aromatic carbocycles. The summed E-state index contributed by atoms with van der Waals surface area (Å²) in [4.78, 5) is 6.55. The molecule has 0 N–H and O–H groups in total. The number of benzene rings is 2. The Bertz CT molecular complexity index is 839. The van der Waals surface area contributed by atoms with E-state index in [1.807, 2.05) is 0 Å². The van der Waals surface area contributed by atoms with Crippen LogP contribution in [-0.2, 0) is 14.3 Å². The van der Waals surface area contributed by atoms with Crippen molar-refractivity contribution in [1.29, 1.82) is 0 Å². The van der Waals surface area contributed by atoms with Crippen LogP contribution in [0.5, 0.6) is 0 Å². The van der Waals surface area contributed by atoms with Gasteiger partial charge >= 0.3 is 0 Å². The van der Waals surface area contributed by atoms with Crippen molar-refractivity contribution in [2.45, 2.75) is 67.9 Å². The first-order valence-electron chi connectivity index (χ1n) is 11.1. The summed E-state index contributed by atoms with van der Waals surface area (Å²) in [6.07, 6.45) is 6.90. The zero-order valence-corrected chi connectivity index (χ0v) is 16.8. The van der Waals surface area contributed by atoms with Gasteiger partial charge in [-0.2, -0.15) is 5.06 Å². The highest BCUT2D eigenvalue weighted by Crippen LogP contribution is 2.58. The van der Waals surface area contributed by atoms with Crippen LogP contribution in [0.15, 0.2) is 60.7 Å². The summed E-state index contributed by atoms with van der Waals surface area (Å²) in [5.41, 5.74) is 2.48. The van der Waals surface area contributed by atoms with Crippen LogP contribution in [0, 0.1) is 0 Å². The molecule has 4 atom stereocenters. The lowest BCUT2D eigenvalue weighted by atomic mass is 9.74. The third kappa shape index (κ3) is 2.89. The van der Waals surface area contributed by atoms with Gasteiger partial charge in [0.1, 0.15) is 0 Å². The average molecular weight is 392 g/mol. The molecule has 1 aliphatic carbocycles. The monoisotopic (exact) mass is 391 g/mol. The van der Waals surface area contributed by atoms with Gasteiger partial charge in [-0.25, -0.2) is 0 Å². The molecule has 2 bridgehead atoms. The molecule has 2 unspecified atom stereocenters. The lowest BCUT2D eigenvalue weighted by Gasteiger charge is -2.51. The fraction of sp³-hybridized carbons (Fsp3) is 0.520. The van der Waals surface area contributed by atoms with E-state index in [1.54, 1.807) is 0 Å². The summed E-state index contributed by atoms with van der Waals surface area (Å²) in [5, 5.41) is 2.25. The van der Waals surface area contributed by atoms with Gasteiger partial charge in [0.25, 0.3) is 0 Å². The van der Waals surface area contributed by atoms with Crippen LogP contribution in [-0.4, -0.2) is 35.7 Å². The molecule has 4 aliphatic rings. The van der Waals surface area contributed by atoms with Gasteiger partial charge in [-0.05, 0) is 24.0 Å². The van der Waals surface area contributed by atoms with Crippen molar-refractivity contribution in [3.8, 4) is 0 Å². The zero-order chi connectivity index (χ0) is 19.3. The van der Waals surface area contributed by atoms with Crippen molar-refractivity contribution in [1.82, 2.24) is 5.06 Å². The smallest absolute Gasteiger partial charge is 0.168 e. The number of nitrogens with zero attached hydrogens (tertiary/aromatic N) is 1. The second kappa shape index (κ2) is 6.92. The van der Waals surface area contributed by atoms with Crippen LogP contribution in [0.25, 0.3) is 0 Å². The molecule has 3 aliphatic heterocycles. The minimum absolute atomic E-state index is 0.162. The fourth-order valence-corrected chi connectivity index (χ4v) is 5.97. The van der Waals surface area contributed by atoms with E-state index in [4.69, 9.17) is 14.3 Å². The van der Waals surface area contributed by atoms with E-state index in [2.05, 4.69) is 65.7 Å². The molecule has 3 saturated heterocycles. The SMILES string of the molecule is c1ccc([C@@H]2C3CC4(COC5(CCCCC5)OC4)N(O3)[C@@H]2c2ccccc2)cc1. The summed E-state index contributed by atoms with van der Waals surface area (Å²) < 4.78 is 13.0. The molecule has 0 aromatic heterocycles. The van der Waals surface area contributed by atoms with Crippen LogP contribution < -0.4 is 0 Å². The van der Waals surface area contributed by atoms with Crippen molar-refractivity contribution in [3.63, 3.8) is 0 Å². The number of piperidine rings is 1. The van der Waals surface area contributed by atoms with Crippen molar-refractivity contribution in [3.05, 3.63) is 71.8 Å². The van der Waals surface area contributed by atoms with Gasteiger partial charge in [-0.15, -0.1) is 0 Å². The minimum Gasteiger partial charge on any atom is -0.348 e. The van der Waals surface area contributed by atoms with Crippen LogP contribution >= 0.6 is 0 Å². The number of hydrogen-bond acceptors (Lipinski definition) is 4. The lowest BCUT2D eigenvalue weighted by molar-refractivity contribution is -0.334. The van der Waals surface area contributed by atoms with Crippen molar-refractivity contribution < 1.29 is 14.3 Å². The maximum atomic E-state index is 6.55. The van der Waals surface area contributed by atoms with Crippen LogP contribution in [0.4, 0.5) is 0 Å². The second-order valence-corrected chi connectivity index (χ2v) is 9.24. The van der Waals surface area contributed by atoms with E-state index in [0.717, 1.165) is 19.3 Å². The lowest BCUT2D eigenvalue weighted by Crippen LogP contribution is -2.61. The Morgan fingerprint density at radius 2 is 1.38 bits per heavy atom. The Morgan fingerprint density at radius 1 is 0.759 bits per heavy atom. The molecular weight excluding hydrogens is 362 g/mol. The van der Waals surface area contributed by atoms with Crippen LogP contribution in [0.2, 0.25) is 0 Å². The number of fused-ring (bicyclic) bond motifs is 3. The first-order chi connectivity index (χ1) is 14.3. The molecule has 6 rings (SSSR count). The molecule has 2 spiro atoms. The maximum absolute atomic E-state index is 6.55. The first-order valence-corrected chi connectivity index (χ1v) is 11.1. The normalized spacial score (nSPS) is 34.6. The van der Waals surface area contributed by atoms with E-state index in [9.17, 15) is 0 Å². The molecule has 29 heavy (non-hydrogen) atoms. The highest BCUT2D eigenvalue weighted by Gasteiger charge is 2.63. The summed E-state index contributed by atoms with van der Waals surface area (Å²) in [7, 11) is 0. The van der Waals surface area contributed by atoms with Gasteiger partial charge in [-0.1, -0.05) is 67.1 Å². The van der Waals surface area contributed by atoms with E-state index in [-0.39, 0.29) is 23.5 Å². The van der Waals surface area contributed by atoms with E-state index in [0.29, 0.717) is 19.1 Å². The molecule has 2 aromatic rings. The average Bonchev–Trinajstić information content (AvgIpc) is 3.34. The summed E-state index contributed by atoms with van der Waals surface area (Å²) >= 11 is 0. The van der Waals surface area contributed by atoms with Crippen molar-refractivity contribution in [2.24, 2.45) is 0 Å². The van der Waals surface area contributed by atoms with Gasteiger partial charge < -0.3 is 9.47 Å². The highest BCUT2D eigenvalue weighted by atomic mass is 16.7. The first kappa shape index (κ1) is 18.1. The third-order valence-corrected chi connectivity index (χ3v) is 7.44. The molecule has 4 heteroatoms. The Labute approximate surface area is 172 Å². The minimum atomic E-state index is -0.340. The zero-order valence-electron chi connectivity index (χ0n) is 16.8. The Morgan fingerprint density at radius 3 is 2.03 bits per heavy atom. The number of rotatable bonds is 2. The van der Waals surface area contributed by atoms with Crippen molar-refractivity contribution >= 4 is 0 Å². The number of hydrogen-bond donors (Lipinski definition) is 0. The Balaban J connectivity index is 1.32. The fourth-order valence-electron chi connectivity index (χ4n) is 5.97. The predicted molar refractivity (Wildman–Crippen MR) is 110 cm³/mol. The number of hydroxylamine groups is 2. The summed E-state index contributed by atoms with van der Waals surface area (Å²) in [6, 6.07) is 21.8. The van der Waals surface area contributed by atoms with Crippen LogP contribution in [0.1, 0.15) is 61.6 Å². The molecule has 4 fully saturated rings. The number of ether oxygens (including phenoxy) is 2. The standard InChI is InChI=1S/C25H29NO3/c1-4-10-19(11-5-1)22-21-16-24(17-27-25(28-18-24)14-8-3-9-15-25)26(29-21)23(22)20-12-6-2-7-13-20/h1-2,4-7,10-13,21-23H,3,8-9,14-18H2/t21?,22-,23-/m1/s1. The Kier molecular flexibility index (Phi) is 4.31. The quantitative estimate of drug-likeness (QED) is 0.723. The molecule has 3 heterocycles. The van der Waals surface area contributed by atoms with Crippen LogP contribution in [0.3, 0.4) is 0 Å². The van der Waals surface area contributed by atoms with Gasteiger partial charge in [0.15, 0.2) is 5.79 Å². The van der Waals surface area contributed by atoms with Gasteiger partial charge in [0, 0.05) is 25.2 Å². The maximum Gasteiger partial charge on any atom is 0.168 e. The molecule has 0 radical (unpaired) electrons.